The fourth-order valence-electron chi connectivity index (χ4n) is 2.72. The Balaban J connectivity index is 4.72. The van der Waals surface area contributed by atoms with Crippen molar-refractivity contribution in [2.75, 3.05) is 7.11 Å². The highest BCUT2D eigenvalue weighted by Gasteiger charge is 2.22. The Hall–Kier alpha value is -1.46. The first-order chi connectivity index (χ1) is 12.0. The number of carbonyl (C=O) groups is 2. The average molecular weight is 369 g/mol. The molecule has 0 aliphatic carbocycles. The molecule has 0 spiro atoms. The van der Waals surface area contributed by atoms with E-state index in [0.717, 1.165) is 12.0 Å². The SMILES string of the molecule is COC(=O)CCC(C)=CC(O)CC(C)(O)C=CC(CCC(C)=O)C(C)C. The molecule has 0 aromatic rings. The number of hydrogen-bond donors (Lipinski definition) is 2. The van der Waals surface area contributed by atoms with Crippen molar-refractivity contribution in [2.45, 2.75) is 78.4 Å². The van der Waals surface area contributed by atoms with Crippen molar-refractivity contribution in [1.29, 1.82) is 0 Å². The summed E-state index contributed by atoms with van der Waals surface area (Å²) in [6.45, 7) is 9.26. The molecule has 0 aromatic carbocycles. The molecule has 0 aromatic heterocycles. The van der Waals surface area contributed by atoms with Crippen LogP contribution in [0.3, 0.4) is 0 Å². The molecule has 26 heavy (non-hydrogen) atoms. The van der Waals surface area contributed by atoms with Gasteiger partial charge in [-0.1, -0.05) is 37.6 Å². The van der Waals surface area contributed by atoms with E-state index in [2.05, 4.69) is 18.6 Å². The van der Waals surface area contributed by atoms with Crippen molar-refractivity contribution in [2.24, 2.45) is 11.8 Å². The summed E-state index contributed by atoms with van der Waals surface area (Å²) in [4.78, 5) is 22.3. The molecule has 150 valence electrons. The summed E-state index contributed by atoms with van der Waals surface area (Å²) < 4.78 is 4.60. The van der Waals surface area contributed by atoms with Gasteiger partial charge in [-0.15, -0.1) is 0 Å². The van der Waals surface area contributed by atoms with Gasteiger partial charge in [-0.3, -0.25) is 4.79 Å². The van der Waals surface area contributed by atoms with Crippen LogP contribution in [0.5, 0.6) is 0 Å². The quantitative estimate of drug-likeness (QED) is 0.406. The second-order valence-corrected chi connectivity index (χ2v) is 7.73. The Morgan fingerprint density at radius 3 is 2.27 bits per heavy atom. The van der Waals surface area contributed by atoms with E-state index >= 15 is 0 Å². The highest BCUT2D eigenvalue weighted by molar-refractivity contribution is 5.75. The van der Waals surface area contributed by atoms with Crippen LogP contribution in [0.1, 0.15) is 66.7 Å². The maximum absolute atomic E-state index is 11.2. The summed E-state index contributed by atoms with van der Waals surface area (Å²) in [6, 6.07) is 0. The molecular weight excluding hydrogens is 332 g/mol. The first-order valence-corrected chi connectivity index (χ1v) is 9.30. The minimum absolute atomic E-state index is 0.163. The number of allylic oxidation sites excluding steroid dienone is 2. The molecule has 0 saturated carbocycles. The number of methoxy groups -OCH3 is 1. The predicted molar refractivity (Wildman–Crippen MR) is 104 cm³/mol. The molecule has 0 aliphatic heterocycles. The molecule has 3 atom stereocenters. The van der Waals surface area contributed by atoms with Gasteiger partial charge < -0.3 is 19.7 Å². The first-order valence-electron chi connectivity index (χ1n) is 9.30. The molecule has 0 bridgehead atoms. The van der Waals surface area contributed by atoms with Gasteiger partial charge in [-0.2, -0.15) is 0 Å². The van der Waals surface area contributed by atoms with Crippen molar-refractivity contribution in [3.63, 3.8) is 0 Å². The monoisotopic (exact) mass is 368 g/mol. The van der Waals surface area contributed by atoms with Gasteiger partial charge in [0.15, 0.2) is 0 Å². The molecule has 0 fully saturated rings. The van der Waals surface area contributed by atoms with Crippen molar-refractivity contribution < 1.29 is 24.5 Å². The van der Waals surface area contributed by atoms with Crippen LogP contribution in [0.15, 0.2) is 23.8 Å². The Labute approximate surface area is 158 Å². The second-order valence-electron chi connectivity index (χ2n) is 7.73. The largest absolute Gasteiger partial charge is 0.469 e. The van der Waals surface area contributed by atoms with Gasteiger partial charge >= 0.3 is 5.97 Å². The summed E-state index contributed by atoms with van der Waals surface area (Å²) in [5.74, 6) is 0.456. The lowest BCUT2D eigenvalue weighted by atomic mass is 9.87. The van der Waals surface area contributed by atoms with Gasteiger partial charge in [0, 0.05) is 19.3 Å². The van der Waals surface area contributed by atoms with Crippen LogP contribution in [-0.4, -0.2) is 40.8 Å². The number of aliphatic hydroxyl groups is 2. The normalized spacial score (nSPS) is 17.2. The smallest absolute Gasteiger partial charge is 0.305 e. The zero-order valence-electron chi connectivity index (χ0n) is 17.1. The predicted octanol–water partition coefficient (Wildman–Crippen LogP) is 3.59. The van der Waals surface area contributed by atoms with E-state index in [9.17, 15) is 19.8 Å². The number of ether oxygens (including phenoxy) is 1. The van der Waals surface area contributed by atoms with E-state index in [4.69, 9.17) is 0 Å². The molecule has 0 heterocycles. The first kappa shape index (κ1) is 24.5. The summed E-state index contributed by atoms with van der Waals surface area (Å²) in [7, 11) is 1.35. The molecule has 0 amide bonds. The zero-order valence-corrected chi connectivity index (χ0v) is 17.1. The minimum atomic E-state index is -1.15. The number of esters is 1. The Kier molecular flexibility index (Phi) is 11.3. The molecule has 3 unspecified atom stereocenters. The average Bonchev–Trinajstić information content (AvgIpc) is 2.50. The molecule has 0 saturated heterocycles. The Morgan fingerprint density at radius 2 is 1.77 bits per heavy atom. The number of ketones is 1. The van der Waals surface area contributed by atoms with Crippen LogP contribution in [0.25, 0.3) is 0 Å². The molecule has 0 rings (SSSR count). The van der Waals surface area contributed by atoms with Gasteiger partial charge in [0.2, 0.25) is 0 Å². The standard InChI is InChI=1S/C21H36O5/c1-15(2)18(9-8-17(4)22)11-12-21(5,25)14-19(23)13-16(3)7-10-20(24)26-6/h11-13,15,18-19,23,25H,7-10,14H2,1-6H3. The maximum Gasteiger partial charge on any atom is 0.305 e. The van der Waals surface area contributed by atoms with Crippen LogP contribution in [0, 0.1) is 11.8 Å². The Morgan fingerprint density at radius 1 is 1.15 bits per heavy atom. The second kappa shape index (κ2) is 12.0. The fourth-order valence-corrected chi connectivity index (χ4v) is 2.72. The minimum Gasteiger partial charge on any atom is -0.469 e. The lowest BCUT2D eigenvalue weighted by Gasteiger charge is -2.24. The van der Waals surface area contributed by atoms with E-state index in [0.29, 0.717) is 18.8 Å². The van der Waals surface area contributed by atoms with Gasteiger partial charge in [0.05, 0.1) is 18.8 Å². The third kappa shape index (κ3) is 12.0. The number of carbonyl (C=O) groups excluding carboxylic acids is 2. The summed E-state index contributed by atoms with van der Waals surface area (Å²) >= 11 is 0. The number of aliphatic hydroxyl groups excluding tert-OH is 1. The molecule has 5 nitrogen and oxygen atoms in total. The molecule has 2 N–H and O–H groups in total. The number of rotatable bonds is 12. The number of hydrogen-bond acceptors (Lipinski definition) is 5. The molecule has 5 heteroatoms. The topological polar surface area (TPSA) is 83.8 Å². The highest BCUT2D eigenvalue weighted by atomic mass is 16.5. The van der Waals surface area contributed by atoms with Crippen molar-refractivity contribution in [1.82, 2.24) is 0 Å². The van der Waals surface area contributed by atoms with Crippen molar-refractivity contribution >= 4 is 11.8 Å². The van der Waals surface area contributed by atoms with Crippen LogP contribution in [-0.2, 0) is 14.3 Å². The third-order valence-corrected chi connectivity index (χ3v) is 4.44. The maximum atomic E-state index is 11.2. The van der Waals surface area contributed by atoms with Crippen LogP contribution < -0.4 is 0 Å². The lowest BCUT2D eigenvalue weighted by Crippen LogP contribution is -2.27. The summed E-state index contributed by atoms with van der Waals surface area (Å²) in [5, 5.41) is 20.7. The summed E-state index contributed by atoms with van der Waals surface area (Å²) in [5.41, 5.74) is -0.272. The van der Waals surface area contributed by atoms with E-state index in [-0.39, 0.29) is 30.5 Å². The Bertz CT molecular complexity index is 503. The van der Waals surface area contributed by atoms with Crippen LogP contribution in [0.4, 0.5) is 0 Å². The molecule has 0 aliphatic rings. The van der Waals surface area contributed by atoms with Gasteiger partial charge in [-0.05, 0) is 45.4 Å². The zero-order chi connectivity index (χ0) is 20.3. The summed E-state index contributed by atoms with van der Waals surface area (Å²) in [6.07, 6.45) is 6.78. The molecule has 0 radical (unpaired) electrons. The van der Waals surface area contributed by atoms with E-state index < -0.39 is 11.7 Å². The fraction of sp³-hybridized carbons (Fsp3) is 0.714. The van der Waals surface area contributed by atoms with Crippen LogP contribution in [0.2, 0.25) is 0 Å². The van der Waals surface area contributed by atoms with E-state index in [1.54, 1.807) is 26.0 Å². The third-order valence-electron chi connectivity index (χ3n) is 4.44. The van der Waals surface area contributed by atoms with Gasteiger partial charge in [0.25, 0.3) is 0 Å². The van der Waals surface area contributed by atoms with Gasteiger partial charge in [0.1, 0.15) is 5.78 Å². The van der Waals surface area contributed by atoms with E-state index in [1.807, 2.05) is 13.0 Å². The van der Waals surface area contributed by atoms with E-state index in [1.165, 1.54) is 7.11 Å². The van der Waals surface area contributed by atoms with Crippen molar-refractivity contribution in [3.05, 3.63) is 23.8 Å². The number of Topliss-reactive ketones (excluding diaryl/α,β-unsaturated/α-hetero) is 1. The lowest BCUT2D eigenvalue weighted by molar-refractivity contribution is -0.140. The van der Waals surface area contributed by atoms with Gasteiger partial charge in [-0.25, -0.2) is 0 Å². The van der Waals surface area contributed by atoms with Crippen molar-refractivity contribution in [3.8, 4) is 0 Å². The highest BCUT2D eigenvalue weighted by Crippen LogP contribution is 2.23. The van der Waals surface area contributed by atoms with Crippen LogP contribution >= 0.6 is 0 Å². The molecular formula is C21H36O5.